The van der Waals surface area contributed by atoms with Gasteiger partial charge in [-0.1, -0.05) is 22.9 Å². The molecule has 3 rings (SSSR count). The van der Waals surface area contributed by atoms with Gasteiger partial charge in [0.15, 0.2) is 10.4 Å². The summed E-state index contributed by atoms with van der Waals surface area (Å²) in [5.74, 6) is 0. The van der Waals surface area contributed by atoms with Crippen LogP contribution in [0.25, 0.3) is 16.9 Å². The predicted octanol–water partition coefficient (Wildman–Crippen LogP) is 4.51. The van der Waals surface area contributed by atoms with Crippen molar-refractivity contribution >= 4 is 55.2 Å². The van der Waals surface area contributed by atoms with Crippen LogP contribution in [0, 0.1) is 4.77 Å². The van der Waals surface area contributed by atoms with Gasteiger partial charge >= 0.3 is 0 Å². The first kappa shape index (κ1) is 14.0. The standard InChI is InChI=1S/C13H12Br2N4S/c1-3-9-11-12(18(2)17-9)19(13(20)16-11)10-5-4-7(14)6-8(10)15/h4-6H,3H2,1-2H3,(H,16,20). The van der Waals surface area contributed by atoms with Crippen LogP contribution in [-0.4, -0.2) is 19.3 Å². The van der Waals surface area contributed by atoms with E-state index in [4.69, 9.17) is 12.2 Å². The summed E-state index contributed by atoms with van der Waals surface area (Å²) < 4.78 is 6.54. The molecule has 0 unspecified atom stereocenters. The second-order valence-electron chi connectivity index (χ2n) is 4.48. The van der Waals surface area contributed by atoms with Gasteiger partial charge in [0.25, 0.3) is 0 Å². The molecule has 2 aromatic heterocycles. The highest BCUT2D eigenvalue weighted by Gasteiger charge is 2.16. The molecule has 20 heavy (non-hydrogen) atoms. The highest BCUT2D eigenvalue weighted by atomic mass is 79.9. The molecule has 0 aliphatic rings. The molecule has 7 heteroatoms. The van der Waals surface area contributed by atoms with E-state index in [1.165, 1.54) is 0 Å². The molecule has 2 heterocycles. The summed E-state index contributed by atoms with van der Waals surface area (Å²) in [4.78, 5) is 3.27. The second kappa shape index (κ2) is 5.13. The molecular weight excluding hydrogens is 404 g/mol. The summed E-state index contributed by atoms with van der Waals surface area (Å²) in [6.45, 7) is 2.09. The normalized spacial score (nSPS) is 11.4. The maximum Gasteiger partial charge on any atom is 0.184 e. The first-order valence-corrected chi connectivity index (χ1v) is 8.14. The number of benzene rings is 1. The number of halogens is 2. The quantitative estimate of drug-likeness (QED) is 0.625. The third kappa shape index (κ3) is 2.08. The molecule has 3 aromatic rings. The largest absolute Gasteiger partial charge is 0.327 e. The Labute approximate surface area is 138 Å². The van der Waals surface area contributed by atoms with Gasteiger partial charge in [0, 0.05) is 16.0 Å². The molecule has 0 saturated carbocycles. The van der Waals surface area contributed by atoms with Crippen LogP contribution in [0.4, 0.5) is 0 Å². The fourth-order valence-corrected chi connectivity index (χ4v) is 3.86. The molecule has 4 nitrogen and oxygen atoms in total. The minimum Gasteiger partial charge on any atom is -0.327 e. The fourth-order valence-electron chi connectivity index (χ4n) is 2.35. The van der Waals surface area contributed by atoms with Gasteiger partial charge in [-0.15, -0.1) is 0 Å². The van der Waals surface area contributed by atoms with E-state index in [-0.39, 0.29) is 0 Å². The van der Waals surface area contributed by atoms with E-state index in [0.29, 0.717) is 4.77 Å². The SMILES string of the molecule is CCc1nn(C)c2c1[nH]c(=S)n2-c1ccc(Br)cc1Br. The number of aromatic amines is 1. The zero-order valence-electron chi connectivity index (χ0n) is 10.9. The lowest BCUT2D eigenvalue weighted by Gasteiger charge is -2.07. The van der Waals surface area contributed by atoms with E-state index >= 15 is 0 Å². The number of nitrogens with zero attached hydrogens (tertiary/aromatic N) is 3. The van der Waals surface area contributed by atoms with Crippen LogP contribution in [0.2, 0.25) is 0 Å². The second-order valence-corrected chi connectivity index (χ2v) is 6.64. The summed E-state index contributed by atoms with van der Waals surface area (Å²) in [6, 6.07) is 6.03. The third-order valence-electron chi connectivity index (χ3n) is 3.22. The average Bonchev–Trinajstić information content (AvgIpc) is 2.87. The van der Waals surface area contributed by atoms with Gasteiger partial charge in [-0.2, -0.15) is 5.10 Å². The molecule has 1 aromatic carbocycles. The molecule has 0 radical (unpaired) electrons. The van der Waals surface area contributed by atoms with Gasteiger partial charge in [0.05, 0.1) is 11.4 Å². The lowest BCUT2D eigenvalue weighted by Crippen LogP contribution is -2.01. The molecule has 0 atom stereocenters. The molecule has 0 saturated heterocycles. The lowest BCUT2D eigenvalue weighted by molar-refractivity contribution is 0.748. The summed E-state index contributed by atoms with van der Waals surface area (Å²) in [6.07, 6.45) is 0.869. The number of aromatic nitrogens is 4. The number of H-pyrrole nitrogens is 1. The van der Waals surface area contributed by atoms with Gasteiger partial charge in [0.2, 0.25) is 0 Å². The molecule has 0 aliphatic heterocycles. The van der Waals surface area contributed by atoms with Crippen LogP contribution in [0.5, 0.6) is 0 Å². The topological polar surface area (TPSA) is 38.5 Å². The van der Waals surface area contributed by atoms with Gasteiger partial charge in [0.1, 0.15) is 5.52 Å². The minimum absolute atomic E-state index is 0.672. The molecule has 0 aliphatic carbocycles. The molecule has 104 valence electrons. The lowest BCUT2D eigenvalue weighted by atomic mass is 10.3. The number of hydrogen-bond donors (Lipinski definition) is 1. The van der Waals surface area contributed by atoms with Gasteiger partial charge in [-0.05, 0) is 52.8 Å². The van der Waals surface area contributed by atoms with Crippen LogP contribution >= 0.6 is 44.1 Å². The Bertz CT molecular complexity index is 859. The van der Waals surface area contributed by atoms with Crippen molar-refractivity contribution in [2.24, 2.45) is 7.05 Å². The van der Waals surface area contributed by atoms with Crippen molar-refractivity contribution < 1.29 is 0 Å². The van der Waals surface area contributed by atoms with Crippen molar-refractivity contribution in [3.8, 4) is 5.69 Å². The number of nitrogens with one attached hydrogen (secondary N) is 1. The third-order valence-corrected chi connectivity index (χ3v) is 4.63. The first-order chi connectivity index (χ1) is 9.52. The van der Waals surface area contributed by atoms with Crippen LogP contribution in [-0.2, 0) is 13.5 Å². The summed E-state index contributed by atoms with van der Waals surface area (Å²) >= 11 is 12.5. The minimum atomic E-state index is 0.672. The molecular formula is C13H12Br2N4S. The molecule has 1 N–H and O–H groups in total. The van der Waals surface area contributed by atoms with E-state index in [1.54, 1.807) is 0 Å². The monoisotopic (exact) mass is 414 g/mol. The Hall–Kier alpha value is -0.920. The molecule has 0 fully saturated rings. The van der Waals surface area contributed by atoms with Gasteiger partial charge in [-0.3, -0.25) is 4.57 Å². The Morgan fingerprint density at radius 3 is 2.75 bits per heavy atom. The average molecular weight is 416 g/mol. The highest BCUT2D eigenvalue weighted by molar-refractivity contribution is 9.11. The maximum absolute atomic E-state index is 5.48. The van der Waals surface area contributed by atoms with E-state index in [0.717, 1.165) is 37.9 Å². The van der Waals surface area contributed by atoms with Crippen molar-refractivity contribution in [1.82, 2.24) is 19.3 Å². The van der Waals surface area contributed by atoms with Gasteiger partial charge in [-0.25, -0.2) is 4.68 Å². The zero-order chi connectivity index (χ0) is 14.4. The first-order valence-electron chi connectivity index (χ1n) is 6.15. The summed E-state index contributed by atoms with van der Waals surface area (Å²) in [5.41, 5.74) is 4.01. The van der Waals surface area contributed by atoms with Crippen LogP contribution in [0.15, 0.2) is 27.1 Å². The number of aryl methyl sites for hydroxylation is 2. The van der Waals surface area contributed by atoms with E-state index in [1.807, 2.05) is 34.5 Å². The maximum atomic E-state index is 5.48. The molecule has 0 bridgehead atoms. The molecule has 0 spiro atoms. The number of imidazole rings is 1. The van der Waals surface area contributed by atoms with Crippen molar-refractivity contribution in [3.63, 3.8) is 0 Å². The van der Waals surface area contributed by atoms with Crippen molar-refractivity contribution in [2.75, 3.05) is 0 Å². The van der Waals surface area contributed by atoms with E-state index in [9.17, 15) is 0 Å². The van der Waals surface area contributed by atoms with E-state index < -0.39 is 0 Å². The number of rotatable bonds is 2. The fraction of sp³-hybridized carbons (Fsp3) is 0.231. The predicted molar refractivity (Wildman–Crippen MR) is 90.0 cm³/mol. The van der Waals surface area contributed by atoms with Crippen molar-refractivity contribution in [3.05, 3.63) is 37.6 Å². The van der Waals surface area contributed by atoms with Crippen LogP contribution in [0.3, 0.4) is 0 Å². The van der Waals surface area contributed by atoms with Gasteiger partial charge < -0.3 is 4.98 Å². The van der Waals surface area contributed by atoms with Crippen molar-refractivity contribution in [1.29, 1.82) is 0 Å². The van der Waals surface area contributed by atoms with E-state index in [2.05, 4.69) is 48.9 Å². The Morgan fingerprint density at radius 1 is 1.35 bits per heavy atom. The van der Waals surface area contributed by atoms with Crippen LogP contribution < -0.4 is 0 Å². The molecule has 0 amide bonds. The summed E-state index contributed by atoms with van der Waals surface area (Å²) in [5, 5.41) is 4.54. The number of fused-ring (bicyclic) bond motifs is 1. The zero-order valence-corrected chi connectivity index (χ0v) is 14.9. The van der Waals surface area contributed by atoms with Crippen LogP contribution in [0.1, 0.15) is 12.6 Å². The Morgan fingerprint density at radius 2 is 2.10 bits per heavy atom. The smallest absolute Gasteiger partial charge is 0.184 e. The summed E-state index contributed by atoms with van der Waals surface area (Å²) in [7, 11) is 1.94. The number of hydrogen-bond acceptors (Lipinski definition) is 2. The van der Waals surface area contributed by atoms with Crippen molar-refractivity contribution in [2.45, 2.75) is 13.3 Å². The highest BCUT2D eigenvalue weighted by Crippen LogP contribution is 2.29. The Kier molecular flexibility index (Phi) is 3.60. The Balaban J connectivity index is 2.39.